The first-order valence-corrected chi connectivity index (χ1v) is 11.5. The zero-order valence-corrected chi connectivity index (χ0v) is 17.0. The molecule has 1 aliphatic rings. The first kappa shape index (κ1) is 19.2. The van der Waals surface area contributed by atoms with Crippen LogP contribution in [0.25, 0.3) is 0 Å². The van der Waals surface area contributed by atoms with Crippen molar-refractivity contribution in [3.05, 3.63) is 46.9 Å². The van der Waals surface area contributed by atoms with Gasteiger partial charge in [-0.25, -0.2) is 21.6 Å². The van der Waals surface area contributed by atoms with E-state index in [0.717, 1.165) is 12.8 Å². The van der Waals surface area contributed by atoms with Crippen LogP contribution in [0, 0.1) is 0 Å². The maximum atomic E-state index is 12.7. The quantitative estimate of drug-likeness (QED) is 0.661. The van der Waals surface area contributed by atoms with Gasteiger partial charge in [0.05, 0.1) is 17.7 Å². The van der Waals surface area contributed by atoms with Gasteiger partial charge in [0.25, 0.3) is 10.0 Å². The smallest absolute Gasteiger partial charge is 0.265 e. The highest BCUT2D eigenvalue weighted by molar-refractivity contribution is 9.10. The molecule has 7 nitrogen and oxygen atoms in total. The molecule has 0 unspecified atom stereocenters. The molecule has 0 aliphatic heterocycles. The largest absolute Gasteiger partial charge is 0.495 e. The molecule has 3 rings (SSSR count). The summed E-state index contributed by atoms with van der Waals surface area (Å²) in [6.07, 6.45) is 1.63. The van der Waals surface area contributed by atoms with Crippen LogP contribution in [0.3, 0.4) is 0 Å². The summed E-state index contributed by atoms with van der Waals surface area (Å²) in [6.45, 7) is 0. The minimum Gasteiger partial charge on any atom is -0.495 e. The Morgan fingerprint density at radius 3 is 2.42 bits per heavy atom. The lowest BCUT2D eigenvalue weighted by Gasteiger charge is -2.13. The summed E-state index contributed by atoms with van der Waals surface area (Å²) in [7, 11) is -6.27. The van der Waals surface area contributed by atoms with Crippen molar-refractivity contribution >= 4 is 41.7 Å². The summed E-state index contributed by atoms with van der Waals surface area (Å²) in [6, 6.07) is 10.2. The molecule has 0 aromatic heterocycles. The van der Waals surface area contributed by atoms with Crippen LogP contribution in [0.2, 0.25) is 0 Å². The van der Waals surface area contributed by atoms with Crippen LogP contribution in [-0.2, 0) is 20.0 Å². The van der Waals surface area contributed by atoms with Crippen molar-refractivity contribution < 1.29 is 21.6 Å². The van der Waals surface area contributed by atoms with Crippen LogP contribution in [0.15, 0.2) is 56.7 Å². The molecular weight excluding hydrogens is 444 g/mol. The van der Waals surface area contributed by atoms with E-state index in [1.165, 1.54) is 43.5 Å². The van der Waals surface area contributed by atoms with Crippen LogP contribution >= 0.6 is 15.9 Å². The lowest BCUT2D eigenvalue weighted by Crippen LogP contribution is -2.25. The molecule has 0 radical (unpaired) electrons. The summed E-state index contributed by atoms with van der Waals surface area (Å²) in [4.78, 5) is -0.0513. The van der Waals surface area contributed by atoms with Crippen molar-refractivity contribution in [2.75, 3.05) is 11.8 Å². The first-order chi connectivity index (χ1) is 12.2. The Bertz CT molecular complexity index is 1030. The third-order valence-corrected chi connectivity index (χ3v) is 7.12. The number of nitrogens with one attached hydrogen (secondary N) is 2. The summed E-state index contributed by atoms with van der Waals surface area (Å²) < 4.78 is 60.7. The Morgan fingerprint density at radius 1 is 1.04 bits per heavy atom. The van der Waals surface area contributed by atoms with Gasteiger partial charge in [0.2, 0.25) is 10.0 Å². The maximum absolute atomic E-state index is 12.7. The molecule has 10 heteroatoms. The third kappa shape index (κ3) is 4.37. The summed E-state index contributed by atoms with van der Waals surface area (Å²) in [5, 5.41) is 0. The minimum absolute atomic E-state index is 0.00538. The Morgan fingerprint density at radius 2 is 1.77 bits per heavy atom. The number of halogens is 1. The number of sulfonamides is 2. The summed E-state index contributed by atoms with van der Waals surface area (Å²) >= 11 is 3.23. The lowest BCUT2D eigenvalue weighted by atomic mass is 10.3. The van der Waals surface area contributed by atoms with E-state index in [9.17, 15) is 16.8 Å². The van der Waals surface area contributed by atoms with Gasteiger partial charge in [-0.15, -0.1) is 0 Å². The SMILES string of the molecule is COc1ccc(Br)cc1S(=O)(=O)Nc1cccc(S(=O)(=O)NC2CC2)c1. The molecular formula is C16H17BrN2O5S2. The molecule has 2 aromatic carbocycles. The van der Waals surface area contributed by atoms with Gasteiger partial charge >= 0.3 is 0 Å². The zero-order chi connectivity index (χ0) is 18.9. The number of methoxy groups -OCH3 is 1. The lowest BCUT2D eigenvalue weighted by molar-refractivity contribution is 0.403. The Hall–Kier alpha value is -1.62. The van der Waals surface area contributed by atoms with Crippen LogP contribution in [0.5, 0.6) is 5.75 Å². The Balaban J connectivity index is 1.91. The second-order valence-corrected chi connectivity index (χ2v) is 10.1. The van der Waals surface area contributed by atoms with Crippen LogP contribution in [0.1, 0.15) is 12.8 Å². The fourth-order valence-corrected chi connectivity index (χ4v) is 5.39. The van der Waals surface area contributed by atoms with Gasteiger partial charge in [-0.2, -0.15) is 0 Å². The predicted octanol–water partition coefficient (Wildman–Crippen LogP) is 2.70. The predicted molar refractivity (Wildman–Crippen MR) is 101 cm³/mol. The van der Waals surface area contributed by atoms with E-state index < -0.39 is 20.0 Å². The monoisotopic (exact) mass is 460 g/mol. The zero-order valence-electron chi connectivity index (χ0n) is 13.8. The van der Waals surface area contributed by atoms with Crippen molar-refractivity contribution in [2.24, 2.45) is 0 Å². The molecule has 1 saturated carbocycles. The fourth-order valence-electron chi connectivity index (χ4n) is 2.29. The average Bonchev–Trinajstić information content (AvgIpc) is 3.38. The van der Waals surface area contributed by atoms with E-state index >= 15 is 0 Å². The normalized spacial score (nSPS) is 14.8. The van der Waals surface area contributed by atoms with Crippen LogP contribution in [0.4, 0.5) is 5.69 Å². The standard InChI is InChI=1S/C16H17BrN2O5S2/c1-24-15-8-5-11(17)9-16(15)26(22,23)19-13-3-2-4-14(10-13)25(20,21)18-12-6-7-12/h2-5,8-10,12,18-19H,6-7H2,1H3. The number of hydrogen-bond acceptors (Lipinski definition) is 5. The highest BCUT2D eigenvalue weighted by Gasteiger charge is 2.28. The minimum atomic E-state index is -3.97. The number of ether oxygens (including phenoxy) is 1. The maximum Gasteiger partial charge on any atom is 0.265 e. The van der Waals surface area contributed by atoms with E-state index in [-0.39, 0.29) is 27.3 Å². The first-order valence-electron chi connectivity index (χ1n) is 7.70. The van der Waals surface area contributed by atoms with Gasteiger partial charge in [0, 0.05) is 10.5 Å². The molecule has 2 N–H and O–H groups in total. The molecule has 0 amide bonds. The number of rotatable bonds is 7. The topological polar surface area (TPSA) is 102 Å². The van der Waals surface area contributed by atoms with Crippen molar-refractivity contribution in [2.45, 2.75) is 28.7 Å². The molecule has 0 spiro atoms. The highest BCUT2D eigenvalue weighted by Crippen LogP contribution is 2.29. The molecule has 0 bridgehead atoms. The number of benzene rings is 2. The fraction of sp³-hybridized carbons (Fsp3) is 0.250. The van der Waals surface area contributed by atoms with Crippen molar-refractivity contribution in [1.82, 2.24) is 4.72 Å². The van der Waals surface area contributed by atoms with Gasteiger partial charge in [-0.1, -0.05) is 22.0 Å². The molecule has 0 atom stereocenters. The van der Waals surface area contributed by atoms with Crippen molar-refractivity contribution in [3.8, 4) is 5.75 Å². The molecule has 140 valence electrons. The van der Waals surface area contributed by atoms with E-state index in [1.54, 1.807) is 6.07 Å². The molecule has 26 heavy (non-hydrogen) atoms. The van der Waals surface area contributed by atoms with Gasteiger partial charge in [0.1, 0.15) is 10.6 Å². The number of hydrogen-bond donors (Lipinski definition) is 2. The van der Waals surface area contributed by atoms with E-state index in [2.05, 4.69) is 25.4 Å². The Labute approximate surface area is 161 Å². The van der Waals surface area contributed by atoms with Crippen molar-refractivity contribution in [3.63, 3.8) is 0 Å². The summed E-state index contributed by atoms with van der Waals surface area (Å²) in [5.74, 6) is 0.180. The second-order valence-electron chi connectivity index (χ2n) is 5.82. The van der Waals surface area contributed by atoms with Gasteiger partial charge in [-0.3, -0.25) is 4.72 Å². The van der Waals surface area contributed by atoms with Crippen LogP contribution < -0.4 is 14.2 Å². The van der Waals surface area contributed by atoms with Gasteiger partial charge in [-0.05, 0) is 49.2 Å². The Kier molecular flexibility index (Phi) is 5.29. The van der Waals surface area contributed by atoms with Gasteiger partial charge < -0.3 is 4.74 Å². The molecule has 0 heterocycles. The molecule has 1 aliphatic carbocycles. The average molecular weight is 461 g/mol. The highest BCUT2D eigenvalue weighted by atomic mass is 79.9. The summed E-state index contributed by atoms with van der Waals surface area (Å²) in [5.41, 5.74) is 0.144. The van der Waals surface area contributed by atoms with E-state index in [0.29, 0.717) is 4.47 Å². The van der Waals surface area contributed by atoms with E-state index in [4.69, 9.17) is 4.74 Å². The van der Waals surface area contributed by atoms with Crippen molar-refractivity contribution in [1.29, 1.82) is 0 Å². The second kappa shape index (κ2) is 7.18. The van der Waals surface area contributed by atoms with Crippen LogP contribution in [-0.4, -0.2) is 30.0 Å². The number of anilines is 1. The van der Waals surface area contributed by atoms with E-state index in [1.807, 2.05) is 0 Å². The van der Waals surface area contributed by atoms with Gasteiger partial charge in [0.15, 0.2) is 0 Å². The molecule has 2 aromatic rings. The molecule has 0 saturated heterocycles. The third-order valence-electron chi connectivity index (χ3n) is 3.71. The molecule has 1 fully saturated rings.